The number of nitrogens with zero attached hydrogens (tertiary/aromatic N) is 4. The minimum absolute atomic E-state index is 0.421. The quantitative estimate of drug-likeness (QED) is 0.564. The number of benzene rings is 2. The molecule has 4 aromatic rings. The summed E-state index contributed by atoms with van der Waals surface area (Å²) in [5, 5.41) is 13.9. The Morgan fingerprint density at radius 1 is 1.00 bits per heavy atom. The molecule has 0 saturated heterocycles. The first kappa shape index (κ1) is 14.8. The average Bonchev–Trinajstić information content (AvgIpc) is 3.14. The first-order chi connectivity index (χ1) is 11.7. The molecule has 4 rings (SSSR count). The fourth-order valence-electron chi connectivity index (χ4n) is 2.45. The number of ether oxygens (including phenoxy) is 1. The van der Waals surface area contributed by atoms with Gasteiger partial charge in [0.15, 0.2) is 10.8 Å². The SMILES string of the molecule is Cc1ccc(-c2nnc3sc(COc4cccc(C)c4)nn23)cc1. The molecular formula is C18H16N4OS. The van der Waals surface area contributed by atoms with Gasteiger partial charge in [-0.15, -0.1) is 10.2 Å². The molecule has 0 aliphatic carbocycles. The van der Waals surface area contributed by atoms with Crippen LogP contribution in [0.1, 0.15) is 16.1 Å². The summed E-state index contributed by atoms with van der Waals surface area (Å²) < 4.78 is 7.60. The van der Waals surface area contributed by atoms with E-state index in [0.29, 0.717) is 6.61 Å². The van der Waals surface area contributed by atoms with Crippen LogP contribution in [-0.2, 0) is 6.61 Å². The van der Waals surface area contributed by atoms with E-state index in [0.717, 1.165) is 27.1 Å². The number of aryl methyl sites for hydroxylation is 2. The van der Waals surface area contributed by atoms with Crippen molar-refractivity contribution in [3.05, 3.63) is 64.7 Å². The summed E-state index contributed by atoms with van der Waals surface area (Å²) in [6.45, 7) is 4.53. The van der Waals surface area contributed by atoms with Crippen LogP contribution in [0.3, 0.4) is 0 Å². The Hall–Kier alpha value is -2.73. The van der Waals surface area contributed by atoms with Gasteiger partial charge in [0.05, 0.1) is 0 Å². The molecule has 2 heterocycles. The molecular weight excluding hydrogens is 320 g/mol. The van der Waals surface area contributed by atoms with Crippen molar-refractivity contribution in [3.63, 3.8) is 0 Å². The van der Waals surface area contributed by atoms with Crippen LogP contribution in [0, 0.1) is 13.8 Å². The van der Waals surface area contributed by atoms with Crippen LogP contribution in [0.5, 0.6) is 5.75 Å². The molecule has 24 heavy (non-hydrogen) atoms. The second-order valence-electron chi connectivity index (χ2n) is 5.68. The summed E-state index contributed by atoms with van der Waals surface area (Å²) in [6.07, 6.45) is 0. The number of aromatic nitrogens is 4. The highest BCUT2D eigenvalue weighted by atomic mass is 32.1. The van der Waals surface area contributed by atoms with E-state index in [1.165, 1.54) is 22.5 Å². The van der Waals surface area contributed by atoms with E-state index in [1.807, 2.05) is 43.3 Å². The van der Waals surface area contributed by atoms with Crippen LogP contribution in [0.25, 0.3) is 16.3 Å². The lowest BCUT2D eigenvalue weighted by atomic mass is 10.1. The molecule has 0 saturated carbocycles. The monoisotopic (exact) mass is 336 g/mol. The lowest BCUT2D eigenvalue weighted by Crippen LogP contribution is -1.97. The van der Waals surface area contributed by atoms with Crippen molar-refractivity contribution < 1.29 is 4.74 Å². The number of fused-ring (bicyclic) bond motifs is 1. The molecule has 120 valence electrons. The predicted octanol–water partition coefficient (Wildman–Crippen LogP) is 4.05. The van der Waals surface area contributed by atoms with Gasteiger partial charge in [0.25, 0.3) is 0 Å². The predicted molar refractivity (Wildman–Crippen MR) is 94.3 cm³/mol. The second kappa shape index (κ2) is 6.05. The highest BCUT2D eigenvalue weighted by Crippen LogP contribution is 2.23. The molecule has 0 bridgehead atoms. The first-order valence-electron chi connectivity index (χ1n) is 7.67. The van der Waals surface area contributed by atoms with Gasteiger partial charge < -0.3 is 4.74 Å². The molecule has 6 heteroatoms. The number of rotatable bonds is 4. The number of hydrogen-bond donors (Lipinski definition) is 0. The first-order valence-corrected chi connectivity index (χ1v) is 8.48. The topological polar surface area (TPSA) is 52.3 Å². The zero-order valence-corrected chi connectivity index (χ0v) is 14.2. The van der Waals surface area contributed by atoms with Crippen molar-refractivity contribution in [2.45, 2.75) is 20.5 Å². The van der Waals surface area contributed by atoms with Gasteiger partial charge in [-0.25, -0.2) is 0 Å². The van der Waals surface area contributed by atoms with Crippen LogP contribution in [0.15, 0.2) is 48.5 Å². The van der Waals surface area contributed by atoms with Crippen molar-refractivity contribution in [2.24, 2.45) is 0 Å². The lowest BCUT2D eigenvalue weighted by molar-refractivity contribution is 0.304. The minimum atomic E-state index is 0.421. The van der Waals surface area contributed by atoms with Crippen LogP contribution in [-0.4, -0.2) is 19.8 Å². The lowest BCUT2D eigenvalue weighted by Gasteiger charge is -2.04. The number of hydrogen-bond acceptors (Lipinski definition) is 5. The molecule has 0 aliphatic rings. The molecule has 0 spiro atoms. The molecule has 0 atom stereocenters. The summed E-state index contributed by atoms with van der Waals surface area (Å²) in [5.41, 5.74) is 3.39. The third-order valence-electron chi connectivity index (χ3n) is 3.69. The zero-order valence-electron chi connectivity index (χ0n) is 13.4. The second-order valence-corrected chi connectivity index (χ2v) is 6.73. The summed E-state index contributed by atoms with van der Waals surface area (Å²) in [7, 11) is 0. The Labute approximate surface area is 143 Å². The largest absolute Gasteiger partial charge is 0.486 e. The van der Waals surface area contributed by atoms with Crippen LogP contribution in [0.2, 0.25) is 0 Å². The summed E-state index contributed by atoms with van der Waals surface area (Å²) >= 11 is 1.49. The Bertz CT molecular complexity index is 988. The summed E-state index contributed by atoms with van der Waals surface area (Å²) in [5.74, 6) is 1.60. The van der Waals surface area contributed by atoms with Crippen molar-refractivity contribution in [1.29, 1.82) is 0 Å². The van der Waals surface area contributed by atoms with E-state index in [2.05, 4.69) is 34.4 Å². The van der Waals surface area contributed by atoms with E-state index < -0.39 is 0 Å². The van der Waals surface area contributed by atoms with E-state index in [9.17, 15) is 0 Å². The highest BCUT2D eigenvalue weighted by molar-refractivity contribution is 7.16. The average molecular weight is 336 g/mol. The molecule has 0 radical (unpaired) electrons. The standard InChI is InChI=1S/C18H16N4OS/c1-12-6-8-14(9-7-12)17-19-20-18-22(17)21-16(24-18)11-23-15-5-3-4-13(2)10-15/h3-10H,11H2,1-2H3. The molecule has 2 aromatic carbocycles. The van der Waals surface area contributed by atoms with Gasteiger partial charge in [-0.05, 0) is 31.5 Å². The Balaban J connectivity index is 1.59. The molecule has 0 amide bonds. The van der Waals surface area contributed by atoms with E-state index in [1.54, 1.807) is 4.52 Å². The Kier molecular flexibility index (Phi) is 3.74. The maximum atomic E-state index is 5.82. The van der Waals surface area contributed by atoms with Gasteiger partial charge in [0.1, 0.15) is 12.4 Å². The third kappa shape index (κ3) is 2.88. The maximum Gasteiger partial charge on any atom is 0.235 e. The van der Waals surface area contributed by atoms with Gasteiger partial charge in [-0.1, -0.05) is 53.3 Å². The molecule has 0 N–H and O–H groups in total. The van der Waals surface area contributed by atoms with Crippen molar-refractivity contribution >= 4 is 16.3 Å². The fraction of sp³-hybridized carbons (Fsp3) is 0.167. The van der Waals surface area contributed by atoms with Crippen molar-refractivity contribution in [3.8, 4) is 17.1 Å². The summed E-state index contributed by atoms with van der Waals surface area (Å²) in [6, 6.07) is 16.2. The van der Waals surface area contributed by atoms with E-state index in [4.69, 9.17) is 4.74 Å². The van der Waals surface area contributed by atoms with Crippen LogP contribution >= 0.6 is 11.3 Å². The minimum Gasteiger partial charge on any atom is -0.486 e. The molecule has 2 aromatic heterocycles. The van der Waals surface area contributed by atoms with Crippen LogP contribution in [0.4, 0.5) is 0 Å². The van der Waals surface area contributed by atoms with E-state index in [-0.39, 0.29) is 0 Å². The highest BCUT2D eigenvalue weighted by Gasteiger charge is 2.13. The molecule has 0 fully saturated rings. The Morgan fingerprint density at radius 2 is 1.83 bits per heavy atom. The molecule has 0 aliphatic heterocycles. The van der Waals surface area contributed by atoms with Crippen molar-refractivity contribution in [2.75, 3.05) is 0 Å². The van der Waals surface area contributed by atoms with Crippen LogP contribution < -0.4 is 4.74 Å². The fourth-order valence-corrected chi connectivity index (χ4v) is 3.19. The van der Waals surface area contributed by atoms with Gasteiger partial charge in [-0.2, -0.15) is 9.61 Å². The smallest absolute Gasteiger partial charge is 0.235 e. The molecule has 0 unspecified atom stereocenters. The third-order valence-corrected chi connectivity index (χ3v) is 4.57. The van der Waals surface area contributed by atoms with Gasteiger partial charge >= 0.3 is 0 Å². The van der Waals surface area contributed by atoms with Gasteiger partial charge in [0, 0.05) is 5.56 Å². The van der Waals surface area contributed by atoms with Gasteiger partial charge in [0.2, 0.25) is 4.96 Å². The summed E-state index contributed by atoms with van der Waals surface area (Å²) in [4.78, 5) is 0.772. The maximum absolute atomic E-state index is 5.82. The van der Waals surface area contributed by atoms with Gasteiger partial charge in [-0.3, -0.25) is 0 Å². The molecule has 5 nitrogen and oxygen atoms in total. The van der Waals surface area contributed by atoms with Crippen molar-refractivity contribution in [1.82, 2.24) is 19.8 Å². The normalized spacial score (nSPS) is 11.1. The Morgan fingerprint density at radius 3 is 2.62 bits per heavy atom. The zero-order chi connectivity index (χ0) is 16.5. The van der Waals surface area contributed by atoms with E-state index >= 15 is 0 Å².